The molecular formula is C30H25N7O4S3. The van der Waals surface area contributed by atoms with E-state index in [0.717, 1.165) is 21.7 Å². The van der Waals surface area contributed by atoms with Crippen LogP contribution in [0.3, 0.4) is 0 Å². The number of thioether (sulfide) groups is 1. The maximum Gasteiger partial charge on any atom is 0.269 e. The summed E-state index contributed by atoms with van der Waals surface area (Å²) in [6, 6.07) is 21.3. The standard InChI is InChI=1S/C30H25N7O4S3/c1-19-6-8-20(9-7-19)24-16-23(25-4-2-14-42-25)34-36(24)28(38)18-44-30-33-32-27(17-31-29(39)26-5-3-15-43-26)35(30)21-10-12-22(13-11-21)37(40)41/h2-15,24H,16-18H2,1H3,(H,31,39)/t24-/m1/s1. The molecule has 11 nitrogen and oxygen atoms in total. The van der Waals surface area contributed by atoms with Gasteiger partial charge in [0.1, 0.15) is 0 Å². The number of carbonyl (C=O) groups is 2. The smallest absolute Gasteiger partial charge is 0.269 e. The van der Waals surface area contributed by atoms with Crippen molar-refractivity contribution in [2.45, 2.75) is 31.1 Å². The highest BCUT2D eigenvalue weighted by Gasteiger charge is 2.33. The minimum Gasteiger partial charge on any atom is -0.344 e. The van der Waals surface area contributed by atoms with Gasteiger partial charge in [0.25, 0.3) is 17.5 Å². The van der Waals surface area contributed by atoms with Gasteiger partial charge in [0.05, 0.1) is 38.7 Å². The Hall–Kier alpha value is -4.66. The Bertz CT molecular complexity index is 1820. The predicted molar refractivity (Wildman–Crippen MR) is 170 cm³/mol. The number of aromatic nitrogens is 3. The SMILES string of the molecule is Cc1ccc([C@H]2CC(c3cccs3)=NN2C(=O)CSc2nnc(CNC(=O)c3cccs3)n2-c2ccc([N+](=O)[O-])cc2)cc1. The molecule has 3 aromatic heterocycles. The van der Waals surface area contributed by atoms with Crippen LogP contribution in [0.25, 0.3) is 5.69 Å². The van der Waals surface area contributed by atoms with E-state index in [1.807, 2.05) is 54.1 Å². The number of thiophene rings is 2. The lowest BCUT2D eigenvalue weighted by Crippen LogP contribution is -2.28. The molecule has 1 aliphatic heterocycles. The average Bonchev–Trinajstić information content (AvgIpc) is 3.85. The highest BCUT2D eigenvalue weighted by Crippen LogP contribution is 2.35. The lowest BCUT2D eigenvalue weighted by molar-refractivity contribution is -0.384. The molecular weight excluding hydrogens is 619 g/mol. The number of aryl methyl sites for hydroxylation is 1. The Kier molecular flexibility index (Phi) is 8.63. The Labute approximate surface area is 264 Å². The van der Waals surface area contributed by atoms with Crippen molar-refractivity contribution >= 4 is 57.6 Å². The summed E-state index contributed by atoms with van der Waals surface area (Å²) in [6.07, 6.45) is 0.604. The maximum atomic E-state index is 13.7. The third-order valence-electron chi connectivity index (χ3n) is 6.93. The summed E-state index contributed by atoms with van der Waals surface area (Å²) in [4.78, 5) is 38.7. The van der Waals surface area contributed by atoms with Crippen LogP contribution in [-0.4, -0.2) is 48.0 Å². The molecule has 6 rings (SSSR count). The maximum absolute atomic E-state index is 13.7. The summed E-state index contributed by atoms with van der Waals surface area (Å²) < 4.78 is 1.69. The van der Waals surface area contributed by atoms with E-state index in [2.05, 4.69) is 15.5 Å². The van der Waals surface area contributed by atoms with E-state index in [1.165, 1.54) is 35.2 Å². The van der Waals surface area contributed by atoms with Crippen LogP contribution >= 0.6 is 34.4 Å². The van der Waals surface area contributed by atoms with Crippen molar-refractivity contribution in [3.63, 3.8) is 0 Å². The Morgan fingerprint density at radius 1 is 1.02 bits per heavy atom. The van der Waals surface area contributed by atoms with Gasteiger partial charge in [-0.25, -0.2) is 5.01 Å². The van der Waals surface area contributed by atoms with E-state index < -0.39 is 4.92 Å². The molecule has 1 atom stereocenters. The zero-order valence-corrected chi connectivity index (χ0v) is 25.8. The van der Waals surface area contributed by atoms with Crippen LogP contribution in [0, 0.1) is 17.0 Å². The molecule has 44 heavy (non-hydrogen) atoms. The van der Waals surface area contributed by atoms with E-state index in [1.54, 1.807) is 45.2 Å². The Morgan fingerprint density at radius 3 is 2.45 bits per heavy atom. The molecule has 222 valence electrons. The molecule has 2 amide bonds. The summed E-state index contributed by atoms with van der Waals surface area (Å²) in [5, 5.41) is 33.2. The first-order valence-electron chi connectivity index (χ1n) is 13.5. The van der Waals surface area contributed by atoms with Crippen LogP contribution < -0.4 is 5.32 Å². The molecule has 1 N–H and O–H groups in total. The van der Waals surface area contributed by atoms with Gasteiger partial charge in [-0.2, -0.15) is 5.10 Å². The van der Waals surface area contributed by atoms with Crippen molar-refractivity contribution in [2.75, 3.05) is 5.75 Å². The molecule has 0 spiro atoms. The van der Waals surface area contributed by atoms with Crippen molar-refractivity contribution in [1.82, 2.24) is 25.1 Å². The summed E-state index contributed by atoms with van der Waals surface area (Å²) >= 11 is 4.10. The number of carbonyl (C=O) groups excluding carboxylic acids is 2. The van der Waals surface area contributed by atoms with Gasteiger partial charge >= 0.3 is 0 Å². The Morgan fingerprint density at radius 2 is 1.77 bits per heavy atom. The quantitative estimate of drug-likeness (QED) is 0.112. The van der Waals surface area contributed by atoms with E-state index in [9.17, 15) is 19.7 Å². The molecule has 0 aliphatic carbocycles. The van der Waals surface area contributed by atoms with Crippen LogP contribution in [0.5, 0.6) is 0 Å². The van der Waals surface area contributed by atoms with Crippen LogP contribution in [0.15, 0.2) is 93.8 Å². The fraction of sp³-hybridized carbons (Fsp3) is 0.167. The van der Waals surface area contributed by atoms with E-state index in [0.29, 0.717) is 28.0 Å². The van der Waals surface area contributed by atoms with Crippen LogP contribution in [-0.2, 0) is 11.3 Å². The number of benzene rings is 2. The topological polar surface area (TPSA) is 136 Å². The molecule has 4 heterocycles. The van der Waals surface area contributed by atoms with Gasteiger partial charge in [0.2, 0.25) is 0 Å². The van der Waals surface area contributed by atoms with Crippen LogP contribution in [0.1, 0.15) is 44.0 Å². The van der Waals surface area contributed by atoms with Crippen LogP contribution in [0.4, 0.5) is 5.69 Å². The van der Waals surface area contributed by atoms with Gasteiger partial charge in [-0.3, -0.25) is 24.3 Å². The molecule has 0 bridgehead atoms. The van der Waals surface area contributed by atoms with Crippen LogP contribution in [0.2, 0.25) is 0 Å². The van der Waals surface area contributed by atoms with Crippen molar-refractivity contribution in [2.24, 2.45) is 5.10 Å². The molecule has 14 heteroatoms. The van der Waals surface area contributed by atoms with E-state index >= 15 is 0 Å². The second-order valence-corrected chi connectivity index (χ2v) is 12.7. The van der Waals surface area contributed by atoms with Gasteiger partial charge in [-0.15, -0.1) is 32.9 Å². The minimum atomic E-state index is -0.474. The van der Waals surface area contributed by atoms with Crippen molar-refractivity contribution < 1.29 is 14.5 Å². The molecule has 0 radical (unpaired) electrons. The first-order valence-corrected chi connectivity index (χ1v) is 16.3. The number of hydrazone groups is 1. The van der Waals surface area contributed by atoms with Gasteiger partial charge in [0.15, 0.2) is 11.0 Å². The monoisotopic (exact) mass is 643 g/mol. The largest absolute Gasteiger partial charge is 0.344 e. The second kappa shape index (κ2) is 12.9. The number of non-ortho nitro benzene ring substituents is 1. The van der Waals surface area contributed by atoms with E-state index in [-0.39, 0.29) is 35.8 Å². The molecule has 5 aromatic rings. The summed E-state index contributed by atoms with van der Waals surface area (Å²) in [7, 11) is 0. The van der Waals surface area contributed by atoms with Gasteiger partial charge < -0.3 is 5.32 Å². The number of hydrogen-bond acceptors (Lipinski definition) is 10. The third kappa shape index (κ3) is 6.32. The summed E-state index contributed by atoms with van der Waals surface area (Å²) in [5.74, 6) is -0.0115. The van der Waals surface area contributed by atoms with Crippen molar-refractivity contribution in [3.8, 4) is 5.69 Å². The summed E-state index contributed by atoms with van der Waals surface area (Å²) in [6.45, 7) is 2.08. The minimum absolute atomic E-state index is 0.0241. The highest BCUT2D eigenvalue weighted by molar-refractivity contribution is 7.99. The molecule has 0 unspecified atom stereocenters. The van der Waals surface area contributed by atoms with E-state index in [4.69, 9.17) is 5.10 Å². The fourth-order valence-corrected chi connectivity index (χ4v) is 6.90. The lowest BCUT2D eigenvalue weighted by atomic mass is 10.00. The number of nitrogens with one attached hydrogen (secondary N) is 1. The number of amides is 2. The van der Waals surface area contributed by atoms with Gasteiger partial charge in [-0.1, -0.05) is 53.7 Å². The van der Waals surface area contributed by atoms with Crippen molar-refractivity contribution in [3.05, 3.63) is 120 Å². The summed E-state index contributed by atoms with van der Waals surface area (Å²) in [5.41, 5.74) is 3.50. The zero-order valence-electron chi connectivity index (χ0n) is 23.3. The number of nitro groups is 1. The number of rotatable bonds is 10. The predicted octanol–water partition coefficient (Wildman–Crippen LogP) is 6.01. The highest BCUT2D eigenvalue weighted by atomic mass is 32.2. The molecule has 1 aliphatic rings. The molecule has 0 saturated heterocycles. The normalized spacial score (nSPS) is 14.4. The fourth-order valence-electron chi connectivity index (χ4n) is 4.72. The zero-order chi connectivity index (χ0) is 30.6. The average molecular weight is 644 g/mol. The number of nitro benzene ring substituents is 1. The third-order valence-corrected chi connectivity index (χ3v) is 9.63. The number of nitrogens with zero attached hydrogens (tertiary/aromatic N) is 6. The van der Waals surface area contributed by atoms with Gasteiger partial charge in [0, 0.05) is 24.2 Å². The van der Waals surface area contributed by atoms with Crippen molar-refractivity contribution in [1.29, 1.82) is 0 Å². The Balaban J connectivity index is 1.25. The lowest BCUT2D eigenvalue weighted by Gasteiger charge is -2.22. The molecule has 0 saturated carbocycles. The first kappa shape index (κ1) is 29.4. The second-order valence-electron chi connectivity index (χ2n) is 9.85. The molecule has 0 fully saturated rings. The molecule has 2 aromatic carbocycles. The van der Waals surface area contributed by atoms with Gasteiger partial charge in [-0.05, 0) is 47.5 Å². The number of hydrogen-bond donors (Lipinski definition) is 1. The first-order chi connectivity index (χ1) is 21.4.